The molecule has 0 spiro atoms. The first-order valence-electron chi connectivity index (χ1n) is 8.23. The Morgan fingerprint density at radius 3 is 2.44 bits per heavy atom. The molecule has 3 rings (SSSR count). The molecule has 5 nitrogen and oxygen atoms in total. The van der Waals surface area contributed by atoms with E-state index in [-0.39, 0.29) is 16.8 Å². The number of hydrogen-bond donors (Lipinski definition) is 1. The van der Waals surface area contributed by atoms with Gasteiger partial charge in [-0.1, -0.05) is 41.9 Å². The molecular formula is C19H18ClN5. The molecule has 0 aliphatic carbocycles. The summed E-state index contributed by atoms with van der Waals surface area (Å²) in [6.07, 6.45) is 1.94. The molecule has 1 aliphatic heterocycles. The molecule has 0 amide bonds. The van der Waals surface area contributed by atoms with Crippen molar-refractivity contribution in [3.05, 3.63) is 58.2 Å². The Morgan fingerprint density at radius 1 is 1.12 bits per heavy atom. The Hall–Kier alpha value is -2.60. The summed E-state index contributed by atoms with van der Waals surface area (Å²) in [5.74, 6) is 0.466. The lowest BCUT2D eigenvalue weighted by Gasteiger charge is -2.32. The van der Waals surface area contributed by atoms with Gasteiger partial charge in [-0.05, 0) is 24.5 Å². The third-order valence-electron chi connectivity index (χ3n) is 4.39. The molecule has 6 heteroatoms. The van der Waals surface area contributed by atoms with Crippen LogP contribution in [-0.4, -0.2) is 29.0 Å². The second-order valence-electron chi connectivity index (χ2n) is 6.13. The van der Waals surface area contributed by atoms with Gasteiger partial charge >= 0.3 is 0 Å². The number of nitriles is 2. The summed E-state index contributed by atoms with van der Waals surface area (Å²) in [5.41, 5.74) is 1.90. The van der Waals surface area contributed by atoms with Crippen LogP contribution in [0.4, 0.5) is 5.82 Å². The maximum absolute atomic E-state index is 9.27. The van der Waals surface area contributed by atoms with Crippen molar-refractivity contribution >= 4 is 17.4 Å². The van der Waals surface area contributed by atoms with Gasteiger partial charge in [0.25, 0.3) is 0 Å². The van der Waals surface area contributed by atoms with Crippen molar-refractivity contribution in [1.82, 2.24) is 9.88 Å². The highest BCUT2D eigenvalue weighted by molar-refractivity contribution is 6.30. The van der Waals surface area contributed by atoms with Crippen molar-refractivity contribution < 1.29 is 0 Å². The second kappa shape index (κ2) is 7.98. The van der Waals surface area contributed by atoms with Gasteiger partial charge in [0.15, 0.2) is 0 Å². The zero-order chi connectivity index (χ0) is 17.6. The molecular weight excluding hydrogens is 334 g/mol. The number of nitrogens with zero attached hydrogens (tertiary/aromatic N) is 4. The van der Waals surface area contributed by atoms with E-state index in [1.54, 1.807) is 0 Å². The van der Waals surface area contributed by atoms with E-state index >= 15 is 0 Å². The number of likely N-dealkylation sites (tertiary alicyclic amines) is 1. The van der Waals surface area contributed by atoms with Crippen LogP contribution in [0.1, 0.15) is 29.5 Å². The molecule has 1 aromatic carbocycles. The number of rotatable bonds is 4. The molecule has 0 saturated carbocycles. The predicted molar refractivity (Wildman–Crippen MR) is 97.0 cm³/mol. The highest BCUT2D eigenvalue weighted by Gasteiger charge is 2.21. The maximum atomic E-state index is 9.27. The van der Waals surface area contributed by atoms with Crippen molar-refractivity contribution in [3.63, 3.8) is 0 Å². The number of benzene rings is 1. The number of hydrogen-bond acceptors (Lipinski definition) is 5. The van der Waals surface area contributed by atoms with Crippen molar-refractivity contribution in [2.45, 2.75) is 25.4 Å². The summed E-state index contributed by atoms with van der Waals surface area (Å²) in [6, 6.07) is 16.2. The Bertz CT molecular complexity index is 814. The molecule has 1 aliphatic rings. The van der Waals surface area contributed by atoms with E-state index in [2.05, 4.69) is 45.5 Å². The number of halogens is 1. The molecule has 2 heterocycles. The van der Waals surface area contributed by atoms with Gasteiger partial charge in [0, 0.05) is 25.7 Å². The van der Waals surface area contributed by atoms with Crippen molar-refractivity contribution in [2.75, 3.05) is 18.4 Å². The normalized spacial score (nSPS) is 15.3. The van der Waals surface area contributed by atoms with Crippen LogP contribution >= 0.6 is 11.6 Å². The Kier molecular flexibility index (Phi) is 5.50. The average molecular weight is 352 g/mol. The zero-order valence-electron chi connectivity index (χ0n) is 13.7. The lowest BCUT2D eigenvalue weighted by Crippen LogP contribution is -2.38. The van der Waals surface area contributed by atoms with Crippen molar-refractivity contribution in [3.8, 4) is 12.1 Å². The maximum Gasteiger partial charge on any atom is 0.149 e. The minimum absolute atomic E-state index is 0.130. The number of aromatic nitrogens is 1. The van der Waals surface area contributed by atoms with Gasteiger partial charge in [-0.25, -0.2) is 4.98 Å². The highest BCUT2D eigenvalue weighted by atomic mass is 35.5. The molecule has 0 bridgehead atoms. The molecule has 0 unspecified atom stereocenters. The van der Waals surface area contributed by atoms with Gasteiger partial charge in [0.1, 0.15) is 23.1 Å². The highest BCUT2D eigenvalue weighted by Crippen LogP contribution is 2.23. The smallest absolute Gasteiger partial charge is 0.149 e. The minimum Gasteiger partial charge on any atom is -0.366 e. The fourth-order valence-corrected chi connectivity index (χ4v) is 3.22. The SMILES string of the molecule is N#Cc1cc(C#N)c(NC2CCN(Cc3ccccc3)CC2)nc1Cl. The van der Waals surface area contributed by atoms with E-state index in [1.807, 2.05) is 12.1 Å². The molecule has 1 N–H and O–H groups in total. The minimum atomic E-state index is 0.130. The van der Waals surface area contributed by atoms with Gasteiger partial charge < -0.3 is 5.32 Å². The first-order valence-corrected chi connectivity index (χ1v) is 8.61. The van der Waals surface area contributed by atoms with E-state index in [1.165, 1.54) is 11.6 Å². The Labute approximate surface area is 152 Å². The molecule has 1 saturated heterocycles. The molecule has 0 radical (unpaired) electrons. The summed E-state index contributed by atoms with van der Waals surface area (Å²) >= 11 is 6.00. The first-order chi connectivity index (χ1) is 12.2. The predicted octanol–water partition coefficient (Wildman–Crippen LogP) is 3.55. The van der Waals surface area contributed by atoms with E-state index in [9.17, 15) is 5.26 Å². The topological polar surface area (TPSA) is 75.7 Å². The number of nitrogens with one attached hydrogen (secondary N) is 1. The summed E-state index contributed by atoms with van der Waals surface area (Å²) in [6.45, 7) is 2.93. The van der Waals surface area contributed by atoms with E-state index in [0.717, 1.165) is 32.5 Å². The zero-order valence-corrected chi connectivity index (χ0v) is 14.5. The Balaban J connectivity index is 1.60. The van der Waals surface area contributed by atoms with E-state index in [0.29, 0.717) is 11.4 Å². The molecule has 126 valence electrons. The third-order valence-corrected chi connectivity index (χ3v) is 4.68. The van der Waals surface area contributed by atoms with Crippen LogP contribution in [0.2, 0.25) is 5.15 Å². The summed E-state index contributed by atoms with van der Waals surface area (Å²) < 4.78 is 0. The molecule has 1 aromatic heterocycles. The first kappa shape index (κ1) is 17.2. The Morgan fingerprint density at radius 2 is 1.80 bits per heavy atom. The monoisotopic (exact) mass is 351 g/mol. The molecule has 0 atom stereocenters. The summed E-state index contributed by atoms with van der Waals surface area (Å²) in [7, 11) is 0. The van der Waals surface area contributed by atoms with Gasteiger partial charge in [0.05, 0.1) is 11.1 Å². The van der Waals surface area contributed by atoms with Gasteiger partial charge in [-0.15, -0.1) is 0 Å². The van der Waals surface area contributed by atoms with E-state index < -0.39 is 0 Å². The van der Waals surface area contributed by atoms with E-state index in [4.69, 9.17) is 16.9 Å². The fraction of sp³-hybridized carbons (Fsp3) is 0.316. The van der Waals surface area contributed by atoms with Gasteiger partial charge in [-0.2, -0.15) is 10.5 Å². The quantitative estimate of drug-likeness (QED) is 0.852. The van der Waals surface area contributed by atoms with Crippen molar-refractivity contribution in [1.29, 1.82) is 10.5 Å². The van der Waals surface area contributed by atoms with Crippen LogP contribution < -0.4 is 5.32 Å². The number of anilines is 1. The molecule has 2 aromatic rings. The summed E-state index contributed by atoms with van der Waals surface area (Å²) in [4.78, 5) is 6.62. The van der Waals surface area contributed by atoms with Crippen LogP contribution in [0.25, 0.3) is 0 Å². The lowest BCUT2D eigenvalue weighted by molar-refractivity contribution is 0.211. The van der Waals surface area contributed by atoms with Crippen LogP contribution in [0.5, 0.6) is 0 Å². The molecule has 1 fully saturated rings. The molecule has 25 heavy (non-hydrogen) atoms. The second-order valence-corrected chi connectivity index (χ2v) is 6.48. The van der Waals surface area contributed by atoms with Crippen molar-refractivity contribution in [2.24, 2.45) is 0 Å². The average Bonchev–Trinajstić information content (AvgIpc) is 2.64. The lowest BCUT2D eigenvalue weighted by atomic mass is 10.0. The number of pyridine rings is 1. The largest absolute Gasteiger partial charge is 0.366 e. The van der Waals surface area contributed by atoms with Crippen LogP contribution in [-0.2, 0) is 6.54 Å². The summed E-state index contributed by atoms with van der Waals surface area (Å²) in [5, 5.41) is 21.7. The van der Waals surface area contributed by atoms with Gasteiger partial charge in [-0.3, -0.25) is 4.90 Å². The fourth-order valence-electron chi connectivity index (χ4n) is 3.03. The van der Waals surface area contributed by atoms with Crippen LogP contribution in [0.15, 0.2) is 36.4 Å². The number of piperidine rings is 1. The van der Waals surface area contributed by atoms with Crippen LogP contribution in [0, 0.1) is 22.7 Å². The van der Waals surface area contributed by atoms with Crippen LogP contribution in [0.3, 0.4) is 0 Å². The standard InChI is InChI=1S/C19H18ClN5/c20-18-15(11-21)10-16(12-22)19(24-18)23-17-6-8-25(9-7-17)13-14-4-2-1-3-5-14/h1-5,10,17H,6-9,13H2,(H,23,24). The third kappa shape index (κ3) is 4.28. The van der Waals surface area contributed by atoms with Gasteiger partial charge in [0.2, 0.25) is 0 Å².